The fourth-order valence-corrected chi connectivity index (χ4v) is 5.23. The summed E-state index contributed by atoms with van der Waals surface area (Å²) in [5.74, 6) is -3.70. The number of carbonyl (C=O) groups is 4. The Kier molecular flexibility index (Phi) is 8.72. The minimum absolute atomic E-state index is 0.0215. The van der Waals surface area contributed by atoms with E-state index in [9.17, 15) is 28.0 Å². The van der Waals surface area contributed by atoms with E-state index in [1.54, 1.807) is 19.1 Å². The summed E-state index contributed by atoms with van der Waals surface area (Å²) in [5, 5.41) is 5.01. The van der Waals surface area contributed by atoms with Crippen LogP contribution in [0.5, 0.6) is 0 Å². The topological polar surface area (TPSA) is 111 Å². The van der Waals surface area contributed by atoms with Crippen LogP contribution >= 0.6 is 11.8 Å². The molecule has 0 saturated carbocycles. The highest BCUT2D eigenvalue weighted by atomic mass is 32.2. The van der Waals surface area contributed by atoms with Gasteiger partial charge in [0, 0.05) is 37.3 Å². The van der Waals surface area contributed by atoms with Gasteiger partial charge in [0.1, 0.15) is 29.1 Å². The van der Waals surface area contributed by atoms with Crippen molar-refractivity contribution in [1.82, 2.24) is 9.80 Å². The number of hydrogen-bond donors (Lipinski definition) is 2. The summed E-state index contributed by atoms with van der Waals surface area (Å²) >= 11 is 1.31. The molecule has 1 atom stereocenters. The molecule has 4 rings (SSSR count). The maximum Gasteiger partial charge on any atom is 0.262 e. The van der Waals surface area contributed by atoms with Gasteiger partial charge in [0.25, 0.3) is 11.8 Å². The van der Waals surface area contributed by atoms with Crippen molar-refractivity contribution in [1.29, 1.82) is 0 Å². The molecule has 9 nitrogen and oxygen atoms in total. The van der Waals surface area contributed by atoms with Crippen LogP contribution in [0.4, 0.5) is 20.2 Å². The lowest BCUT2D eigenvalue weighted by Crippen LogP contribution is -2.38. The van der Waals surface area contributed by atoms with Gasteiger partial charge in [-0.05, 0) is 56.2 Å². The highest BCUT2D eigenvalue weighted by Gasteiger charge is 2.33. The maximum atomic E-state index is 13.8. The Morgan fingerprint density at radius 2 is 1.68 bits per heavy atom. The molecule has 2 aromatic carbocycles. The number of para-hydroxylation sites is 1. The van der Waals surface area contributed by atoms with Crippen molar-refractivity contribution in [2.45, 2.75) is 31.4 Å². The minimum Gasteiger partial charge on any atom is -0.351 e. The van der Waals surface area contributed by atoms with Gasteiger partial charge in [0.2, 0.25) is 11.8 Å². The zero-order chi connectivity index (χ0) is 27.2. The molecule has 38 heavy (non-hydrogen) atoms. The lowest BCUT2D eigenvalue weighted by molar-refractivity contribution is -0.121. The largest absolute Gasteiger partial charge is 0.351 e. The monoisotopic (exact) mass is 543 g/mol. The van der Waals surface area contributed by atoms with Gasteiger partial charge in [-0.2, -0.15) is 4.99 Å². The number of likely N-dealkylation sites (tertiary alicyclic amines) is 1. The second-order valence-corrected chi connectivity index (χ2v) is 10.00. The molecular weight excluding hydrogens is 516 g/mol. The molecule has 0 spiro atoms. The Hall–Kier alpha value is -3.80. The Labute approximate surface area is 222 Å². The number of hydrogen-bond acceptors (Lipinski definition) is 6. The quantitative estimate of drug-likeness (QED) is 0.528. The molecule has 2 N–H and O–H groups in total. The highest BCUT2D eigenvalue weighted by molar-refractivity contribution is 8.15. The van der Waals surface area contributed by atoms with Crippen LogP contribution in [-0.4, -0.2) is 70.0 Å². The summed E-state index contributed by atoms with van der Waals surface area (Å²) in [7, 11) is 0. The fraction of sp³-hybridized carbons (Fsp3) is 0.346. The molecule has 4 amide bonds. The van der Waals surface area contributed by atoms with Crippen LogP contribution in [0.25, 0.3) is 0 Å². The number of benzene rings is 2. The van der Waals surface area contributed by atoms with Crippen LogP contribution in [0, 0.1) is 11.6 Å². The van der Waals surface area contributed by atoms with Crippen molar-refractivity contribution in [3.8, 4) is 0 Å². The third kappa shape index (κ3) is 6.55. The van der Waals surface area contributed by atoms with Crippen molar-refractivity contribution in [3.63, 3.8) is 0 Å². The van der Waals surface area contributed by atoms with Gasteiger partial charge >= 0.3 is 0 Å². The Morgan fingerprint density at radius 1 is 1.03 bits per heavy atom. The maximum absolute atomic E-state index is 13.8. The minimum atomic E-state index is -0.916. The Bertz CT molecular complexity index is 1240. The first-order valence-corrected chi connectivity index (χ1v) is 13.1. The lowest BCUT2D eigenvalue weighted by Gasteiger charge is -2.21. The fourth-order valence-electron chi connectivity index (χ4n) is 4.11. The summed E-state index contributed by atoms with van der Waals surface area (Å²) in [6, 6.07) is 9.31. The van der Waals surface area contributed by atoms with E-state index in [2.05, 4.69) is 20.5 Å². The highest BCUT2D eigenvalue weighted by Crippen LogP contribution is 2.29. The molecule has 2 heterocycles. The van der Waals surface area contributed by atoms with Gasteiger partial charge in [0.15, 0.2) is 5.17 Å². The SMILES string of the molecule is CCN(CC(=O)Nc1c(F)cccc1F)C(=O)c1ccc(NC(=O)C[C@H]2SC(N3CCCC3)=NC2=O)cc1. The Morgan fingerprint density at radius 3 is 2.32 bits per heavy atom. The van der Waals surface area contributed by atoms with E-state index in [1.807, 2.05) is 0 Å². The second-order valence-electron chi connectivity index (χ2n) is 8.83. The van der Waals surface area contributed by atoms with Gasteiger partial charge in [-0.15, -0.1) is 0 Å². The number of anilines is 2. The van der Waals surface area contributed by atoms with E-state index >= 15 is 0 Å². The van der Waals surface area contributed by atoms with E-state index in [0.29, 0.717) is 10.9 Å². The van der Waals surface area contributed by atoms with Gasteiger partial charge in [0.05, 0.1) is 0 Å². The summed E-state index contributed by atoms with van der Waals surface area (Å²) in [5.41, 5.74) is 0.135. The molecule has 0 radical (unpaired) electrons. The number of halogens is 2. The van der Waals surface area contributed by atoms with Crippen molar-refractivity contribution < 1.29 is 28.0 Å². The van der Waals surface area contributed by atoms with E-state index < -0.39 is 40.9 Å². The van der Waals surface area contributed by atoms with Gasteiger partial charge in [-0.3, -0.25) is 19.2 Å². The Balaban J connectivity index is 1.29. The van der Waals surface area contributed by atoms with Crippen LogP contribution in [0.15, 0.2) is 47.5 Å². The molecule has 2 aliphatic heterocycles. The molecule has 0 aliphatic carbocycles. The molecule has 1 fully saturated rings. The molecule has 0 bridgehead atoms. The third-order valence-corrected chi connectivity index (χ3v) is 7.34. The van der Waals surface area contributed by atoms with E-state index in [4.69, 9.17) is 0 Å². The predicted molar refractivity (Wildman–Crippen MR) is 141 cm³/mol. The first-order chi connectivity index (χ1) is 18.2. The first kappa shape index (κ1) is 27.2. The molecule has 12 heteroatoms. The summed E-state index contributed by atoms with van der Waals surface area (Å²) < 4.78 is 27.6. The van der Waals surface area contributed by atoms with Gasteiger partial charge < -0.3 is 20.4 Å². The molecule has 2 aliphatic rings. The zero-order valence-corrected chi connectivity index (χ0v) is 21.5. The number of likely N-dealkylation sites (N-methyl/N-ethyl adjacent to an activating group) is 1. The van der Waals surface area contributed by atoms with Gasteiger partial charge in [-0.1, -0.05) is 17.8 Å². The predicted octanol–water partition coefficient (Wildman–Crippen LogP) is 3.49. The molecule has 200 valence electrons. The molecule has 0 aromatic heterocycles. The normalized spacial score (nSPS) is 16.8. The number of amidine groups is 1. The third-order valence-electron chi connectivity index (χ3n) is 6.12. The summed E-state index contributed by atoms with van der Waals surface area (Å²) in [4.78, 5) is 57.4. The molecular formula is C26H27F2N5O4S. The smallest absolute Gasteiger partial charge is 0.262 e. The van der Waals surface area contributed by atoms with Crippen molar-refractivity contribution in [2.24, 2.45) is 4.99 Å². The number of amides is 4. The van der Waals surface area contributed by atoms with Crippen LogP contribution < -0.4 is 10.6 Å². The van der Waals surface area contributed by atoms with Crippen LogP contribution in [0.1, 0.15) is 36.5 Å². The van der Waals surface area contributed by atoms with Crippen molar-refractivity contribution in [3.05, 3.63) is 59.7 Å². The molecule has 0 unspecified atom stereocenters. The second kappa shape index (κ2) is 12.2. The number of nitrogens with one attached hydrogen (secondary N) is 2. The van der Waals surface area contributed by atoms with Crippen LogP contribution in [0.2, 0.25) is 0 Å². The lowest BCUT2D eigenvalue weighted by atomic mass is 10.1. The van der Waals surface area contributed by atoms with Gasteiger partial charge in [-0.25, -0.2) is 8.78 Å². The number of thioether (sulfide) groups is 1. The number of rotatable bonds is 8. The number of carbonyl (C=O) groups excluding carboxylic acids is 4. The van der Waals surface area contributed by atoms with E-state index in [0.717, 1.165) is 38.1 Å². The van der Waals surface area contributed by atoms with E-state index in [-0.39, 0.29) is 30.3 Å². The molecule has 2 aromatic rings. The van der Waals surface area contributed by atoms with Crippen LogP contribution in [0.3, 0.4) is 0 Å². The van der Waals surface area contributed by atoms with Crippen molar-refractivity contribution in [2.75, 3.05) is 36.8 Å². The number of aliphatic imine (C=N–C) groups is 1. The van der Waals surface area contributed by atoms with E-state index in [1.165, 1.54) is 34.9 Å². The van der Waals surface area contributed by atoms with Crippen molar-refractivity contribution >= 4 is 51.9 Å². The summed E-state index contributed by atoms with van der Waals surface area (Å²) in [6.07, 6.45) is 2.11. The molecule has 1 saturated heterocycles. The number of nitrogens with zero attached hydrogens (tertiary/aromatic N) is 3. The zero-order valence-electron chi connectivity index (χ0n) is 20.7. The average Bonchev–Trinajstić information content (AvgIpc) is 3.55. The average molecular weight is 544 g/mol. The summed E-state index contributed by atoms with van der Waals surface area (Å²) in [6.45, 7) is 3.18. The van der Waals surface area contributed by atoms with Crippen LogP contribution in [-0.2, 0) is 14.4 Å². The first-order valence-electron chi connectivity index (χ1n) is 12.2. The standard InChI is InChI=1S/C26H27F2N5O4S/c1-2-32(15-22(35)30-23-18(27)6-5-7-19(23)28)25(37)16-8-10-17(11-9-16)29-21(34)14-20-24(36)31-26(38-20)33-12-3-4-13-33/h5-11,20H,2-4,12-15H2,1H3,(H,29,34)(H,30,35)/t20-/m1/s1.